The van der Waals surface area contributed by atoms with Crippen LogP contribution in [0.4, 0.5) is 5.82 Å². The van der Waals surface area contributed by atoms with Crippen LogP contribution < -0.4 is 4.72 Å². The van der Waals surface area contributed by atoms with E-state index in [0.29, 0.717) is 4.47 Å². The number of pyridine rings is 1. The Morgan fingerprint density at radius 1 is 1.16 bits per heavy atom. The van der Waals surface area contributed by atoms with Crippen LogP contribution in [0.15, 0.2) is 50.4 Å². The SMILES string of the molecule is Cc1cc(Br)c(S(=O)(=O)Nc2ccccn2)cc1Br. The highest BCUT2D eigenvalue weighted by Crippen LogP contribution is 2.29. The summed E-state index contributed by atoms with van der Waals surface area (Å²) in [6.07, 6.45) is 1.53. The first-order valence-electron chi connectivity index (χ1n) is 5.29. The monoisotopic (exact) mass is 404 g/mol. The van der Waals surface area contributed by atoms with Crippen molar-refractivity contribution in [3.05, 3.63) is 51.0 Å². The van der Waals surface area contributed by atoms with Crippen molar-refractivity contribution in [3.8, 4) is 0 Å². The highest BCUT2D eigenvalue weighted by atomic mass is 79.9. The first-order valence-corrected chi connectivity index (χ1v) is 8.36. The normalized spacial score (nSPS) is 11.3. The summed E-state index contributed by atoms with van der Waals surface area (Å²) in [6.45, 7) is 1.89. The number of anilines is 1. The van der Waals surface area contributed by atoms with E-state index in [1.54, 1.807) is 30.3 Å². The Morgan fingerprint density at radius 2 is 1.89 bits per heavy atom. The molecule has 19 heavy (non-hydrogen) atoms. The Kier molecular flexibility index (Phi) is 4.27. The molecule has 0 aliphatic heterocycles. The highest BCUT2D eigenvalue weighted by molar-refractivity contribution is 9.11. The maximum Gasteiger partial charge on any atom is 0.264 e. The fraction of sp³-hybridized carbons (Fsp3) is 0.0833. The first-order chi connectivity index (χ1) is 8.90. The van der Waals surface area contributed by atoms with Crippen molar-refractivity contribution >= 4 is 47.7 Å². The van der Waals surface area contributed by atoms with Gasteiger partial charge < -0.3 is 0 Å². The molecule has 1 aromatic heterocycles. The zero-order valence-corrected chi connectivity index (χ0v) is 13.9. The average molecular weight is 406 g/mol. The average Bonchev–Trinajstić information content (AvgIpc) is 2.34. The van der Waals surface area contributed by atoms with Gasteiger partial charge in [0.2, 0.25) is 0 Å². The second-order valence-corrected chi connectivity index (χ2v) is 7.21. The third kappa shape index (κ3) is 3.34. The van der Waals surface area contributed by atoms with E-state index in [4.69, 9.17) is 0 Å². The van der Waals surface area contributed by atoms with Crippen molar-refractivity contribution < 1.29 is 8.42 Å². The fourth-order valence-electron chi connectivity index (χ4n) is 1.45. The van der Waals surface area contributed by atoms with E-state index < -0.39 is 10.0 Å². The van der Waals surface area contributed by atoms with E-state index in [0.717, 1.165) is 10.0 Å². The van der Waals surface area contributed by atoms with Crippen molar-refractivity contribution in [2.75, 3.05) is 4.72 Å². The number of nitrogens with zero attached hydrogens (tertiary/aromatic N) is 1. The van der Waals surface area contributed by atoms with E-state index in [9.17, 15) is 8.42 Å². The lowest BCUT2D eigenvalue weighted by Gasteiger charge is -2.10. The summed E-state index contributed by atoms with van der Waals surface area (Å²) in [5.74, 6) is 0.283. The highest BCUT2D eigenvalue weighted by Gasteiger charge is 2.19. The molecule has 0 aliphatic rings. The molecule has 100 valence electrons. The number of rotatable bonds is 3. The first kappa shape index (κ1) is 14.5. The van der Waals surface area contributed by atoms with Gasteiger partial charge in [0.15, 0.2) is 0 Å². The lowest BCUT2D eigenvalue weighted by molar-refractivity contribution is 0.600. The number of benzene rings is 1. The maximum absolute atomic E-state index is 12.3. The Balaban J connectivity index is 2.43. The minimum Gasteiger partial charge on any atom is -0.263 e. The molecule has 0 saturated carbocycles. The van der Waals surface area contributed by atoms with E-state index >= 15 is 0 Å². The molecule has 0 bridgehead atoms. The summed E-state index contributed by atoms with van der Waals surface area (Å²) < 4.78 is 28.2. The molecule has 0 radical (unpaired) electrons. The van der Waals surface area contributed by atoms with Crippen LogP contribution in [0.3, 0.4) is 0 Å². The molecule has 1 N–H and O–H groups in total. The zero-order chi connectivity index (χ0) is 14.0. The van der Waals surface area contributed by atoms with Crippen LogP contribution in [-0.4, -0.2) is 13.4 Å². The Morgan fingerprint density at radius 3 is 2.53 bits per heavy atom. The zero-order valence-electron chi connectivity index (χ0n) is 9.89. The molecule has 1 heterocycles. The second kappa shape index (κ2) is 5.60. The minimum atomic E-state index is -3.67. The summed E-state index contributed by atoms with van der Waals surface area (Å²) in [5.41, 5.74) is 0.948. The van der Waals surface area contributed by atoms with Gasteiger partial charge in [-0.15, -0.1) is 0 Å². The molecule has 0 amide bonds. The molecule has 0 unspecified atom stereocenters. The summed E-state index contributed by atoms with van der Waals surface area (Å²) in [5, 5.41) is 0. The summed E-state index contributed by atoms with van der Waals surface area (Å²) in [4.78, 5) is 4.10. The van der Waals surface area contributed by atoms with Gasteiger partial charge in [-0.2, -0.15) is 0 Å². The third-order valence-corrected chi connectivity index (χ3v) is 5.57. The lowest BCUT2D eigenvalue weighted by Crippen LogP contribution is -2.14. The van der Waals surface area contributed by atoms with Crippen molar-refractivity contribution in [3.63, 3.8) is 0 Å². The summed E-state index contributed by atoms with van der Waals surface area (Å²) in [6, 6.07) is 8.33. The molecule has 0 saturated heterocycles. The standard InChI is InChI=1S/C12H10Br2N2O2S/c1-8-6-10(14)11(7-9(8)13)19(17,18)16-12-4-2-3-5-15-12/h2-7H,1H3,(H,15,16). The van der Waals surface area contributed by atoms with E-state index in [1.165, 1.54) is 6.20 Å². The van der Waals surface area contributed by atoms with Crippen LogP contribution in [0.1, 0.15) is 5.56 Å². The van der Waals surface area contributed by atoms with Crippen LogP contribution >= 0.6 is 31.9 Å². The molecular weight excluding hydrogens is 396 g/mol. The summed E-state index contributed by atoms with van der Waals surface area (Å²) in [7, 11) is -3.67. The topological polar surface area (TPSA) is 59.1 Å². The van der Waals surface area contributed by atoms with Crippen molar-refractivity contribution in [1.29, 1.82) is 0 Å². The van der Waals surface area contributed by atoms with Crippen LogP contribution in [0.2, 0.25) is 0 Å². The molecule has 4 nitrogen and oxygen atoms in total. The van der Waals surface area contributed by atoms with Crippen LogP contribution in [0, 0.1) is 6.92 Å². The van der Waals surface area contributed by atoms with Crippen molar-refractivity contribution in [1.82, 2.24) is 4.98 Å². The molecule has 0 fully saturated rings. The van der Waals surface area contributed by atoms with E-state index in [1.807, 2.05) is 6.92 Å². The molecule has 7 heteroatoms. The van der Waals surface area contributed by atoms with Gasteiger partial charge in [-0.3, -0.25) is 4.72 Å². The van der Waals surface area contributed by atoms with Gasteiger partial charge in [0, 0.05) is 15.1 Å². The molecule has 0 spiro atoms. The van der Waals surface area contributed by atoms with Gasteiger partial charge in [-0.05, 0) is 52.7 Å². The van der Waals surface area contributed by atoms with Crippen LogP contribution in [-0.2, 0) is 10.0 Å². The van der Waals surface area contributed by atoms with E-state index in [-0.39, 0.29) is 10.7 Å². The van der Waals surface area contributed by atoms with Crippen LogP contribution in [0.25, 0.3) is 0 Å². The Bertz CT molecular complexity index is 703. The van der Waals surface area contributed by atoms with E-state index in [2.05, 4.69) is 41.6 Å². The number of sulfonamides is 1. The van der Waals surface area contributed by atoms with Gasteiger partial charge >= 0.3 is 0 Å². The van der Waals surface area contributed by atoms with Crippen molar-refractivity contribution in [2.24, 2.45) is 0 Å². The Labute approximate surface area is 128 Å². The molecular formula is C12H10Br2N2O2S. The van der Waals surface area contributed by atoms with Crippen molar-refractivity contribution in [2.45, 2.75) is 11.8 Å². The van der Waals surface area contributed by atoms with Gasteiger partial charge in [0.05, 0.1) is 0 Å². The number of halogens is 2. The number of aromatic nitrogens is 1. The van der Waals surface area contributed by atoms with Gasteiger partial charge in [-0.1, -0.05) is 22.0 Å². The van der Waals surface area contributed by atoms with Gasteiger partial charge in [0.1, 0.15) is 10.7 Å². The number of hydrogen-bond acceptors (Lipinski definition) is 3. The fourth-order valence-corrected chi connectivity index (χ4v) is 4.14. The van der Waals surface area contributed by atoms with Crippen LogP contribution in [0.5, 0.6) is 0 Å². The van der Waals surface area contributed by atoms with Gasteiger partial charge in [-0.25, -0.2) is 13.4 Å². The number of hydrogen-bond donors (Lipinski definition) is 1. The quantitative estimate of drug-likeness (QED) is 0.846. The molecule has 2 rings (SSSR count). The van der Waals surface area contributed by atoms with Gasteiger partial charge in [0.25, 0.3) is 10.0 Å². The summed E-state index contributed by atoms with van der Waals surface area (Å²) >= 11 is 6.60. The second-order valence-electron chi connectivity index (χ2n) is 3.85. The maximum atomic E-state index is 12.3. The predicted molar refractivity (Wildman–Crippen MR) is 81.6 cm³/mol. The minimum absolute atomic E-state index is 0.163. The lowest BCUT2D eigenvalue weighted by atomic mass is 10.2. The Hall–Kier alpha value is -0.920. The number of nitrogens with one attached hydrogen (secondary N) is 1. The predicted octanol–water partition coefficient (Wildman–Crippen LogP) is 3.72. The molecule has 0 atom stereocenters. The number of aryl methyl sites for hydroxylation is 1. The molecule has 0 aliphatic carbocycles. The smallest absolute Gasteiger partial charge is 0.263 e. The molecule has 2 aromatic rings. The third-order valence-electron chi connectivity index (χ3n) is 2.41. The molecule has 1 aromatic carbocycles. The largest absolute Gasteiger partial charge is 0.264 e.